The Bertz CT molecular complexity index is 643. The van der Waals surface area contributed by atoms with Gasteiger partial charge >= 0.3 is 12.0 Å². The first-order valence-corrected chi connectivity index (χ1v) is 5.60. The van der Waals surface area contributed by atoms with Crippen LogP contribution in [0, 0.1) is 0 Å². The summed E-state index contributed by atoms with van der Waals surface area (Å²) in [4.78, 5) is 26.2. The van der Waals surface area contributed by atoms with Crippen molar-refractivity contribution in [2.45, 2.75) is 0 Å². The lowest BCUT2D eigenvalue weighted by Gasteiger charge is -2.08. The minimum absolute atomic E-state index is 0.233. The SMILES string of the molecule is O=C(Nc1cccnc1)Nc1ccc(C(=O)O)c(O)c1. The van der Waals surface area contributed by atoms with Gasteiger partial charge < -0.3 is 20.8 Å². The molecule has 1 aromatic heterocycles. The van der Waals surface area contributed by atoms with E-state index in [0.717, 1.165) is 6.07 Å². The molecular weight excluding hydrogens is 262 g/mol. The molecule has 2 aromatic rings. The van der Waals surface area contributed by atoms with E-state index in [1.54, 1.807) is 18.3 Å². The standard InChI is InChI=1S/C13H11N3O4/c17-11-6-8(3-4-10(11)12(18)19)15-13(20)16-9-2-1-5-14-7-9/h1-7,17H,(H,18,19)(H2,15,16,20). The molecule has 2 amide bonds. The lowest BCUT2D eigenvalue weighted by Crippen LogP contribution is -2.19. The number of hydrogen-bond acceptors (Lipinski definition) is 4. The van der Waals surface area contributed by atoms with E-state index >= 15 is 0 Å². The number of carbonyl (C=O) groups excluding carboxylic acids is 1. The number of amides is 2. The molecule has 0 aliphatic rings. The van der Waals surface area contributed by atoms with Crippen LogP contribution in [0.3, 0.4) is 0 Å². The van der Waals surface area contributed by atoms with Crippen LogP contribution in [0.2, 0.25) is 0 Å². The molecule has 20 heavy (non-hydrogen) atoms. The fraction of sp³-hybridized carbons (Fsp3) is 0. The molecule has 0 saturated carbocycles. The van der Waals surface area contributed by atoms with Gasteiger partial charge in [0, 0.05) is 18.0 Å². The number of carbonyl (C=O) groups is 2. The minimum Gasteiger partial charge on any atom is -0.507 e. The molecule has 0 saturated heterocycles. The van der Waals surface area contributed by atoms with Gasteiger partial charge in [-0.1, -0.05) is 0 Å². The third-order valence-electron chi connectivity index (χ3n) is 2.41. The van der Waals surface area contributed by atoms with Crippen LogP contribution in [0.1, 0.15) is 10.4 Å². The van der Waals surface area contributed by atoms with Crippen LogP contribution in [0.5, 0.6) is 5.75 Å². The molecule has 0 atom stereocenters. The predicted octanol–water partition coefficient (Wildman–Crippen LogP) is 2.13. The van der Waals surface area contributed by atoms with Gasteiger partial charge in [-0.3, -0.25) is 4.98 Å². The van der Waals surface area contributed by atoms with Crippen LogP contribution in [0.4, 0.5) is 16.2 Å². The van der Waals surface area contributed by atoms with Gasteiger partial charge in [0.1, 0.15) is 11.3 Å². The zero-order valence-corrected chi connectivity index (χ0v) is 10.2. The first-order chi connectivity index (χ1) is 9.56. The highest BCUT2D eigenvalue weighted by Gasteiger charge is 2.10. The smallest absolute Gasteiger partial charge is 0.339 e. The topological polar surface area (TPSA) is 112 Å². The van der Waals surface area contributed by atoms with E-state index in [2.05, 4.69) is 15.6 Å². The summed E-state index contributed by atoms with van der Waals surface area (Å²) < 4.78 is 0. The summed E-state index contributed by atoms with van der Waals surface area (Å²) in [6.07, 6.45) is 3.05. The lowest BCUT2D eigenvalue weighted by molar-refractivity contribution is 0.0694. The molecule has 1 heterocycles. The zero-order chi connectivity index (χ0) is 14.5. The molecule has 0 unspecified atom stereocenters. The Hall–Kier alpha value is -3.09. The zero-order valence-electron chi connectivity index (χ0n) is 10.2. The molecule has 0 aliphatic carbocycles. The van der Waals surface area contributed by atoms with Gasteiger partial charge in [0.2, 0.25) is 0 Å². The monoisotopic (exact) mass is 273 g/mol. The molecular formula is C13H11N3O4. The summed E-state index contributed by atoms with van der Waals surface area (Å²) in [6.45, 7) is 0. The van der Waals surface area contributed by atoms with E-state index in [9.17, 15) is 14.7 Å². The molecule has 0 spiro atoms. The number of rotatable bonds is 3. The second-order valence-corrected chi connectivity index (χ2v) is 3.86. The van der Waals surface area contributed by atoms with E-state index in [1.807, 2.05) is 0 Å². The Balaban J connectivity index is 2.05. The van der Waals surface area contributed by atoms with Crippen LogP contribution in [0.25, 0.3) is 0 Å². The van der Waals surface area contributed by atoms with E-state index in [-0.39, 0.29) is 11.3 Å². The van der Waals surface area contributed by atoms with Crippen molar-refractivity contribution in [3.63, 3.8) is 0 Å². The Morgan fingerprint density at radius 3 is 2.45 bits per heavy atom. The quantitative estimate of drug-likeness (QED) is 0.684. The molecule has 102 valence electrons. The minimum atomic E-state index is -1.24. The van der Waals surface area contributed by atoms with Gasteiger partial charge in [-0.05, 0) is 24.3 Å². The maximum atomic E-state index is 11.7. The maximum Gasteiger partial charge on any atom is 0.339 e. The lowest BCUT2D eigenvalue weighted by atomic mass is 10.2. The number of nitrogens with zero attached hydrogens (tertiary/aromatic N) is 1. The van der Waals surface area contributed by atoms with Crippen molar-refractivity contribution in [1.29, 1.82) is 0 Å². The Labute approximate surface area is 113 Å². The van der Waals surface area contributed by atoms with Gasteiger partial charge in [-0.15, -0.1) is 0 Å². The average Bonchev–Trinajstić information content (AvgIpc) is 2.39. The Kier molecular flexibility index (Phi) is 3.80. The van der Waals surface area contributed by atoms with Gasteiger partial charge in [0.25, 0.3) is 0 Å². The van der Waals surface area contributed by atoms with Crippen molar-refractivity contribution in [1.82, 2.24) is 4.98 Å². The van der Waals surface area contributed by atoms with E-state index in [0.29, 0.717) is 5.69 Å². The third-order valence-corrected chi connectivity index (χ3v) is 2.41. The molecule has 1 aromatic carbocycles. The van der Waals surface area contributed by atoms with Crippen LogP contribution in [-0.4, -0.2) is 27.2 Å². The molecule has 2 rings (SSSR count). The second kappa shape index (κ2) is 5.70. The van der Waals surface area contributed by atoms with Crippen molar-refractivity contribution in [3.8, 4) is 5.75 Å². The highest BCUT2D eigenvalue weighted by molar-refractivity contribution is 6.00. The van der Waals surface area contributed by atoms with Gasteiger partial charge in [-0.25, -0.2) is 9.59 Å². The molecule has 7 heteroatoms. The number of phenols is 1. The third kappa shape index (κ3) is 3.22. The number of anilines is 2. The summed E-state index contributed by atoms with van der Waals surface area (Å²) in [5.74, 6) is -1.66. The van der Waals surface area contributed by atoms with Gasteiger partial charge in [0.15, 0.2) is 0 Å². The summed E-state index contributed by atoms with van der Waals surface area (Å²) in [5, 5.41) is 23.3. The molecule has 0 aliphatic heterocycles. The van der Waals surface area contributed by atoms with Crippen LogP contribution in [-0.2, 0) is 0 Å². The molecule has 4 N–H and O–H groups in total. The first-order valence-electron chi connectivity index (χ1n) is 5.60. The molecule has 0 bridgehead atoms. The first kappa shape index (κ1) is 13.3. The summed E-state index contributed by atoms with van der Waals surface area (Å²) >= 11 is 0. The Morgan fingerprint density at radius 1 is 1.10 bits per heavy atom. The number of aromatic nitrogens is 1. The number of urea groups is 1. The largest absolute Gasteiger partial charge is 0.507 e. The number of benzene rings is 1. The van der Waals surface area contributed by atoms with Crippen molar-refractivity contribution < 1.29 is 19.8 Å². The number of carboxylic acids is 1. The fourth-order valence-corrected chi connectivity index (χ4v) is 1.52. The number of aromatic carboxylic acids is 1. The van der Waals surface area contributed by atoms with E-state index in [4.69, 9.17) is 5.11 Å². The highest BCUT2D eigenvalue weighted by Crippen LogP contribution is 2.22. The van der Waals surface area contributed by atoms with E-state index in [1.165, 1.54) is 18.3 Å². The van der Waals surface area contributed by atoms with Crippen LogP contribution >= 0.6 is 0 Å². The summed E-state index contributed by atoms with van der Waals surface area (Å²) in [6, 6.07) is 6.55. The van der Waals surface area contributed by atoms with Crippen LogP contribution < -0.4 is 10.6 Å². The average molecular weight is 273 g/mol. The van der Waals surface area contributed by atoms with Crippen molar-refractivity contribution >= 4 is 23.4 Å². The second-order valence-electron chi connectivity index (χ2n) is 3.86. The Morgan fingerprint density at radius 2 is 1.85 bits per heavy atom. The molecule has 7 nitrogen and oxygen atoms in total. The fourth-order valence-electron chi connectivity index (χ4n) is 1.52. The summed E-state index contributed by atoms with van der Waals surface area (Å²) in [5.41, 5.74) is 0.550. The van der Waals surface area contributed by atoms with Crippen molar-refractivity contribution in [3.05, 3.63) is 48.3 Å². The van der Waals surface area contributed by atoms with Crippen molar-refractivity contribution in [2.75, 3.05) is 10.6 Å². The number of nitrogens with one attached hydrogen (secondary N) is 2. The van der Waals surface area contributed by atoms with E-state index < -0.39 is 17.7 Å². The summed E-state index contributed by atoms with van der Waals surface area (Å²) in [7, 11) is 0. The van der Waals surface area contributed by atoms with Crippen LogP contribution in [0.15, 0.2) is 42.7 Å². The number of pyridine rings is 1. The number of hydrogen-bond donors (Lipinski definition) is 4. The highest BCUT2D eigenvalue weighted by atomic mass is 16.4. The number of aromatic hydroxyl groups is 1. The molecule has 0 radical (unpaired) electrons. The van der Waals surface area contributed by atoms with Gasteiger partial charge in [-0.2, -0.15) is 0 Å². The predicted molar refractivity (Wildman–Crippen MR) is 71.9 cm³/mol. The normalized spacial score (nSPS) is 9.80. The number of carboxylic acid groups (broad SMARTS) is 1. The van der Waals surface area contributed by atoms with Crippen molar-refractivity contribution in [2.24, 2.45) is 0 Å². The maximum absolute atomic E-state index is 11.7. The van der Waals surface area contributed by atoms with Gasteiger partial charge in [0.05, 0.1) is 11.9 Å². The molecule has 0 fully saturated rings.